The minimum atomic E-state index is -0.601. The summed E-state index contributed by atoms with van der Waals surface area (Å²) in [6.45, 7) is 1.28. The van der Waals surface area contributed by atoms with Gasteiger partial charge in [-0.3, -0.25) is 0 Å². The molecule has 4 nitrogen and oxygen atoms in total. The Labute approximate surface area is 105 Å². The predicted molar refractivity (Wildman–Crippen MR) is 69.8 cm³/mol. The van der Waals surface area contributed by atoms with E-state index in [-0.39, 0.29) is 22.1 Å². The second kappa shape index (κ2) is 6.51. The molecule has 0 amide bonds. The number of nitrogens with two attached hydrogens (primary N) is 2. The van der Waals surface area contributed by atoms with Crippen LogP contribution in [0.1, 0.15) is 12.8 Å². The maximum absolute atomic E-state index is 13.7. The van der Waals surface area contributed by atoms with Crippen LogP contribution in [0, 0.1) is 5.82 Å². The first kappa shape index (κ1) is 13.9. The third kappa shape index (κ3) is 3.64. The number of anilines is 3. The molecule has 0 saturated carbocycles. The Morgan fingerprint density at radius 3 is 2.71 bits per heavy atom. The molecule has 1 rings (SSSR count). The molecule has 1 aromatic carbocycles. The normalized spacial score (nSPS) is 10.5. The van der Waals surface area contributed by atoms with Crippen molar-refractivity contribution in [2.45, 2.75) is 12.8 Å². The van der Waals surface area contributed by atoms with Crippen molar-refractivity contribution in [3.63, 3.8) is 0 Å². The van der Waals surface area contributed by atoms with Crippen LogP contribution in [-0.4, -0.2) is 20.3 Å². The van der Waals surface area contributed by atoms with Crippen LogP contribution < -0.4 is 16.8 Å². The van der Waals surface area contributed by atoms with Crippen molar-refractivity contribution in [1.82, 2.24) is 0 Å². The molecule has 5 N–H and O–H groups in total. The SMILES string of the molecule is COCCCCNc1c(N)cc(N)c(Cl)c1F. The maximum atomic E-state index is 13.7. The smallest absolute Gasteiger partial charge is 0.169 e. The van der Waals surface area contributed by atoms with Crippen molar-refractivity contribution in [3.8, 4) is 0 Å². The third-order valence-electron chi connectivity index (χ3n) is 2.34. The number of rotatable bonds is 6. The Balaban J connectivity index is 2.62. The van der Waals surface area contributed by atoms with Crippen LogP contribution in [0.15, 0.2) is 6.07 Å². The Morgan fingerprint density at radius 2 is 2.06 bits per heavy atom. The van der Waals surface area contributed by atoms with E-state index in [1.165, 1.54) is 6.07 Å². The highest BCUT2D eigenvalue weighted by molar-refractivity contribution is 6.33. The van der Waals surface area contributed by atoms with Crippen LogP contribution in [0.2, 0.25) is 5.02 Å². The van der Waals surface area contributed by atoms with E-state index in [2.05, 4.69) is 5.32 Å². The van der Waals surface area contributed by atoms with Gasteiger partial charge < -0.3 is 21.5 Å². The number of benzene rings is 1. The highest BCUT2D eigenvalue weighted by Gasteiger charge is 2.13. The van der Waals surface area contributed by atoms with Gasteiger partial charge in [0, 0.05) is 20.3 Å². The zero-order valence-corrected chi connectivity index (χ0v) is 10.5. The van der Waals surface area contributed by atoms with E-state index in [4.69, 9.17) is 27.8 Å². The molecule has 0 aromatic heterocycles. The fourth-order valence-corrected chi connectivity index (χ4v) is 1.58. The molecule has 0 aliphatic heterocycles. The van der Waals surface area contributed by atoms with Gasteiger partial charge in [0.15, 0.2) is 5.82 Å². The molecular formula is C11H17ClFN3O. The summed E-state index contributed by atoms with van der Waals surface area (Å²) in [5.41, 5.74) is 11.8. The summed E-state index contributed by atoms with van der Waals surface area (Å²) >= 11 is 5.70. The second-order valence-electron chi connectivity index (χ2n) is 3.68. The third-order valence-corrected chi connectivity index (χ3v) is 2.73. The van der Waals surface area contributed by atoms with Crippen LogP contribution in [0.5, 0.6) is 0 Å². The molecule has 96 valence electrons. The molecule has 0 atom stereocenters. The van der Waals surface area contributed by atoms with E-state index in [0.717, 1.165) is 12.8 Å². The van der Waals surface area contributed by atoms with Crippen molar-refractivity contribution in [2.75, 3.05) is 37.0 Å². The number of nitrogen functional groups attached to an aromatic ring is 2. The molecule has 0 saturated heterocycles. The van der Waals surface area contributed by atoms with Crippen LogP contribution in [0.4, 0.5) is 21.5 Å². The molecule has 17 heavy (non-hydrogen) atoms. The lowest BCUT2D eigenvalue weighted by molar-refractivity contribution is 0.194. The van der Waals surface area contributed by atoms with E-state index in [0.29, 0.717) is 13.2 Å². The number of ether oxygens (including phenoxy) is 1. The summed E-state index contributed by atoms with van der Waals surface area (Å²) < 4.78 is 18.6. The van der Waals surface area contributed by atoms with Crippen molar-refractivity contribution in [2.24, 2.45) is 0 Å². The zero-order valence-electron chi connectivity index (χ0n) is 9.72. The molecule has 0 heterocycles. The zero-order chi connectivity index (χ0) is 12.8. The Hall–Kier alpha value is -1.20. The van der Waals surface area contributed by atoms with Gasteiger partial charge in [-0.05, 0) is 18.9 Å². The minimum Gasteiger partial charge on any atom is -0.397 e. The molecule has 1 aromatic rings. The lowest BCUT2D eigenvalue weighted by atomic mass is 10.2. The first-order chi connectivity index (χ1) is 8.07. The Morgan fingerprint density at radius 1 is 1.35 bits per heavy atom. The van der Waals surface area contributed by atoms with Gasteiger partial charge in [0.05, 0.1) is 17.1 Å². The second-order valence-corrected chi connectivity index (χ2v) is 4.06. The monoisotopic (exact) mass is 261 g/mol. The fourth-order valence-electron chi connectivity index (χ4n) is 1.43. The summed E-state index contributed by atoms with van der Waals surface area (Å²) in [6, 6.07) is 1.45. The first-order valence-corrected chi connectivity index (χ1v) is 5.71. The van der Waals surface area contributed by atoms with E-state index in [1.54, 1.807) is 7.11 Å². The molecule has 0 unspecified atom stereocenters. The van der Waals surface area contributed by atoms with Crippen LogP contribution in [-0.2, 0) is 4.74 Å². The topological polar surface area (TPSA) is 73.3 Å². The van der Waals surface area contributed by atoms with E-state index >= 15 is 0 Å². The summed E-state index contributed by atoms with van der Waals surface area (Å²) in [4.78, 5) is 0. The van der Waals surface area contributed by atoms with Crippen molar-refractivity contribution >= 4 is 28.7 Å². The molecule has 0 fully saturated rings. The molecular weight excluding hydrogens is 245 g/mol. The number of nitrogens with one attached hydrogen (secondary N) is 1. The van der Waals surface area contributed by atoms with E-state index < -0.39 is 5.82 Å². The summed E-state index contributed by atoms with van der Waals surface area (Å²) in [6.07, 6.45) is 1.75. The number of unbranched alkanes of at least 4 members (excludes halogenated alkanes) is 1. The highest BCUT2D eigenvalue weighted by atomic mass is 35.5. The largest absolute Gasteiger partial charge is 0.397 e. The molecule has 0 spiro atoms. The standard InChI is InChI=1S/C11H17ClFN3O/c1-17-5-3-2-4-16-11-8(15)6-7(14)9(12)10(11)13/h6,16H,2-5,14-15H2,1H3. The summed E-state index contributed by atoms with van der Waals surface area (Å²) in [5, 5.41) is 2.81. The summed E-state index contributed by atoms with van der Waals surface area (Å²) in [5.74, 6) is -0.601. The average Bonchev–Trinajstić information content (AvgIpc) is 2.30. The molecule has 0 radical (unpaired) electrons. The number of halogens is 2. The van der Waals surface area contributed by atoms with Gasteiger partial charge in [0.25, 0.3) is 0 Å². The van der Waals surface area contributed by atoms with Gasteiger partial charge in [-0.2, -0.15) is 0 Å². The van der Waals surface area contributed by atoms with Gasteiger partial charge in [0.2, 0.25) is 0 Å². The predicted octanol–water partition coefficient (Wildman–Crippen LogP) is 2.48. The van der Waals surface area contributed by atoms with Crippen molar-refractivity contribution in [1.29, 1.82) is 0 Å². The van der Waals surface area contributed by atoms with Gasteiger partial charge >= 0.3 is 0 Å². The van der Waals surface area contributed by atoms with Crippen LogP contribution in [0.3, 0.4) is 0 Å². The molecule has 6 heteroatoms. The number of hydrogen-bond donors (Lipinski definition) is 3. The fraction of sp³-hybridized carbons (Fsp3) is 0.455. The molecule has 0 aliphatic rings. The van der Waals surface area contributed by atoms with Crippen molar-refractivity contribution in [3.05, 3.63) is 16.9 Å². The van der Waals surface area contributed by atoms with E-state index in [9.17, 15) is 4.39 Å². The number of methoxy groups -OCH3 is 1. The average molecular weight is 262 g/mol. The van der Waals surface area contributed by atoms with E-state index in [1.807, 2.05) is 0 Å². The lowest BCUT2D eigenvalue weighted by Gasteiger charge is -2.12. The molecule has 0 bridgehead atoms. The van der Waals surface area contributed by atoms with Gasteiger partial charge in [-0.1, -0.05) is 11.6 Å². The number of hydrogen-bond acceptors (Lipinski definition) is 4. The first-order valence-electron chi connectivity index (χ1n) is 5.33. The van der Waals surface area contributed by atoms with Gasteiger partial charge in [0.1, 0.15) is 5.02 Å². The van der Waals surface area contributed by atoms with Crippen molar-refractivity contribution < 1.29 is 9.13 Å². The summed E-state index contributed by atoms with van der Waals surface area (Å²) in [7, 11) is 1.64. The van der Waals surface area contributed by atoms with Gasteiger partial charge in [-0.25, -0.2) is 4.39 Å². The quantitative estimate of drug-likeness (QED) is 0.543. The Bertz CT molecular complexity index is 387. The Kier molecular flexibility index (Phi) is 5.31. The molecule has 0 aliphatic carbocycles. The van der Waals surface area contributed by atoms with Crippen LogP contribution >= 0.6 is 11.6 Å². The van der Waals surface area contributed by atoms with Gasteiger partial charge in [-0.15, -0.1) is 0 Å². The maximum Gasteiger partial charge on any atom is 0.169 e. The minimum absolute atomic E-state index is 0.0985. The lowest BCUT2D eigenvalue weighted by Crippen LogP contribution is -2.08. The highest BCUT2D eigenvalue weighted by Crippen LogP contribution is 2.33. The van der Waals surface area contributed by atoms with Crippen LogP contribution in [0.25, 0.3) is 0 Å².